The van der Waals surface area contributed by atoms with E-state index in [1.165, 1.54) is 0 Å². The van der Waals surface area contributed by atoms with E-state index in [-0.39, 0.29) is 12.5 Å². The Labute approximate surface area is 205 Å². The predicted octanol–water partition coefficient (Wildman–Crippen LogP) is 6.81. The highest BCUT2D eigenvalue weighted by molar-refractivity contribution is 9.10. The van der Waals surface area contributed by atoms with Crippen LogP contribution in [0.15, 0.2) is 64.2 Å². The molecule has 1 N–H and O–H groups in total. The van der Waals surface area contributed by atoms with Gasteiger partial charge in [-0.05, 0) is 71.7 Å². The van der Waals surface area contributed by atoms with Gasteiger partial charge in [0.25, 0.3) is 5.91 Å². The van der Waals surface area contributed by atoms with Crippen LogP contribution in [0.4, 0.5) is 0 Å². The number of halogens is 3. The minimum absolute atomic E-state index is 0.245. The molecular weight excluding hydrogens is 515 g/mol. The number of carbonyl (C=O) groups is 1. The number of nitrogens with zero attached hydrogens (tertiary/aromatic N) is 1. The number of benzene rings is 3. The third kappa shape index (κ3) is 6.48. The minimum atomic E-state index is -0.283. The topological polar surface area (TPSA) is 59.9 Å². The van der Waals surface area contributed by atoms with Gasteiger partial charge < -0.3 is 9.47 Å². The smallest absolute Gasteiger partial charge is 0.271 e. The van der Waals surface area contributed by atoms with Crippen LogP contribution in [-0.4, -0.2) is 18.7 Å². The monoisotopic (exact) mass is 534 g/mol. The molecule has 0 aromatic heterocycles. The molecule has 0 aliphatic carbocycles. The number of nitrogens with one attached hydrogen (secondary N) is 1. The lowest BCUT2D eigenvalue weighted by Crippen LogP contribution is -2.17. The molecule has 0 aliphatic heterocycles. The lowest BCUT2D eigenvalue weighted by molar-refractivity contribution is 0.0955. The second-order valence-electron chi connectivity index (χ2n) is 6.86. The normalized spacial score (nSPS) is 10.9. The average Bonchev–Trinajstić information content (AvgIpc) is 2.74. The van der Waals surface area contributed by atoms with Gasteiger partial charge in [-0.25, -0.2) is 5.43 Å². The Morgan fingerprint density at radius 3 is 2.66 bits per heavy atom. The lowest BCUT2D eigenvalue weighted by atomic mass is 10.1. The minimum Gasteiger partial charge on any atom is -0.490 e. The molecule has 3 rings (SSSR count). The van der Waals surface area contributed by atoms with E-state index in [0.29, 0.717) is 38.2 Å². The van der Waals surface area contributed by atoms with Crippen molar-refractivity contribution in [1.29, 1.82) is 0 Å². The van der Waals surface area contributed by atoms with Crippen molar-refractivity contribution >= 4 is 51.3 Å². The maximum atomic E-state index is 12.2. The third-order valence-corrected chi connectivity index (χ3v) is 5.55. The van der Waals surface area contributed by atoms with E-state index in [0.717, 1.165) is 16.7 Å². The summed E-state index contributed by atoms with van der Waals surface area (Å²) in [6.07, 6.45) is 1.54. The molecule has 0 bridgehead atoms. The Kier molecular flexibility index (Phi) is 8.56. The molecule has 8 heteroatoms. The summed E-state index contributed by atoms with van der Waals surface area (Å²) >= 11 is 15.7. The van der Waals surface area contributed by atoms with Crippen LogP contribution in [0.1, 0.15) is 34.0 Å². The fourth-order valence-corrected chi connectivity index (χ4v) is 3.91. The second kappa shape index (κ2) is 11.4. The summed E-state index contributed by atoms with van der Waals surface area (Å²) in [7, 11) is 0. The zero-order valence-electron chi connectivity index (χ0n) is 17.5. The summed E-state index contributed by atoms with van der Waals surface area (Å²) in [5.74, 6) is 0.797. The fourth-order valence-electron chi connectivity index (χ4n) is 2.87. The molecule has 0 spiro atoms. The largest absolute Gasteiger partial charge is 0.490 e. The van der Waals surface area contributed by atoms with Crippen LogP contribution in [0.25, 0.3) is 0 Å². The van der Waals surface area contributed by atoms with Crippen molar-refractivity contribution < 1.29 is 14.3 Å². The molecule has 0 radical (unpaired) electrons. The number of hydrogen-bond acceptors (Lipinski definition) is 4. The van der Waals surface area contributed by atoms with E-state index < -0.39 is 0 Å². The molecule has 32 heavy (non-hydrogen) atoms. The first kappa shape index (κ1) is 24.1. The maximum Gasteiger partial charge on any atom is 0.271 e. The van der Waals surface area contributed by atoms with Gasteiger partial charge in [-0.2, -0.15) is 5.10 Å². The number of ether oxygens (including phenoxy) is 2. The number of aryl methyl sites for hydroxylation is 1. The van der Waals surface area contributed by atoms with Gasteiger partial charge in [0.15, 0.2) is 11.5 Å². The molecule has 0 fully saturated rings. The van der Waals surface area contributed by atoms with Crippen LogP contribution >= 0.6 is 39.1 Å². The number of rotatable bonds is 8. The molecule has 0 unspecified atom stereocenters. The summed E-state index contributed by atoms with van der Waals surface area (Å²) in [5.41, 5.74) is 5.61. The molecule has 0 saturated heterocycles. The first-order valence-corrected chi connectivity index (χ1v) is 11.4. The first-order chi connectivity index (χ1) is 15.4. The highest BCUT2D eigenvalue weighted by Crippen LogP contribution is 2.37. The molecule has 5 nitrogen and oxygen atoms in total. The van der Waals surface area contributed by atoms with Gasteiger partial charge in [0.05, 0.1) is 17.3 Å². The Hall–Kier alpha value is -2.54. The Balaban J connectivity index is 1.74. The molecule has 1 amide bonds. The molecule has 166 valence electrons. The number of hydrogen-bond donors (Lipinski definition) is 1. The van der Waals surface area contributed by atoms with E-state index in [9.17, 15) is 4.79 Å². The molecule has 0 saturated carbocycles. The number of carbonyl (C=O) groups excluding carboxylic acids is 1. The summed E-state index contributed by atoms with van der Waals surface area (Å²) < 4.78 is 12.4. The molecule has 0 heterocycles. The summed E-state index contributed by atoms with van der Waals surface area (Å²) in [6.45, 7) is 4.51. The average molecular weight is 536 g/mol. The van der Waals surface area contributed by atoms with E-state index in [4.69, 9.17) is 32.7 Å². The van der Waals surface area contributed by atoms with E-state index in [1.54, 1.807) is 36.5 Å². The van der Waals surface area contributed by atoms with E-state index in [2.05, 4.69) is 26.5 Å². The van der Waals surface area contributed by atoms with Crippen molar-refractivity contribution in [3.8, 4) is 11.5 Å². The zero-order valence-corrected chi connectivity index (χ0v) is 20.6. The van der Waals surface area contributed by atoms with Crippen molar-refractivity contribution in [1.82, 2.24) is 5.43 Å². The van der Waals surface area contributed by atoms with Crippen molar-refractivity contribution in [3.05, 3.63) is 91.4 Å². The van der Waals surface area contributed by atoms with Gasteiger partial charge >= 0.3 is 0 Å². The summed E-state index contributed by atoms with van der Waals surface area (Å²) in [6, 6.07) is 16.1. The van der Waals surface area contributed by atoms with E-state index >= 15 is 0 Å². The quantitative estimate of drug-likeness (QED) is 0.254. The summed E-state index contributed by atoms with van der Waals surface area (Å²) in [4.78, 5) is 12.2. The first-order valence-electron chi connectivity index (χ1n) is 9.80. The SMILES string of the molecule is CCOc1cc(/C=N/NC(=O)c2cccc(C)c2)cc(Br)c1OCc1ccc(Cl)cc1Cl. The zero-order chi connectivity index (χ0) is 23.1. The van der Waals surface area contributed by atoms with Gasteiger partial charge in [-0.3, -0.25) is 4.79 Å². The molecule has 3 aromatic carbocycles. The second-order valence-corrected chi connectivity index (χ2v) is 8.55. The third-order valence-electron chi connectivity index (χ3n) is 4.38. The van der Waals surface area contributed by atoms with Gasteiger partial charge in [0.1, 0.15) is 6.61 Å². The van der Waals surface area contributed by atoms with E-state index in [1.807, 2.05) is 38.1 Å². The molecule has 0 atom stereocenters. The van der Waals surface area contributed by atoms with Crippen molar-refractivity contribution in [3.63, 3.8) is 0 Å². The maximum absolute atomic E-state index is 12.2. The Bertz CT molecular complexity index is 1150. The van der Waals surface area contributed by atoms with Crippen molar-refractivity contribution in [2.24, 2.45) is 5.10 Å². The fraction of sp³-hybridized carbons (Fsp3) is 0.167. The molecule has 0 aliphatic rings. The summed E-state index contributed by atoms with van der Waals surface area (Å²) in [5, 5.41) is 5.15. The predicted molar refractivity (Wildman–Crippen MR) is 132 cm³/mol. The van der Waals surface area contributed by atoms with Gasteiger partial charge in [-0.1, -0.05) is 47.0 Å². The lowest BCUT2D eigenvalue weighted by Gasteiger charge is -2.15. The molecular formula is C24H21BrCl2N2O3. The van der Waals surface area contributed by atoms with Gasteiger partial charge in [0.2, 0.25) is 0 Å². The Morgan fingerprint density at radius 2 is 1.94 bits per heavy atom. The van der Waals surface area contributed by atoms with Crippen LogP contribution in [-0.2, 0) is 6.61 Å². The van der Waals surface area contributed by atoms with Gasteiger partial charge in [-0.15, -0.1) is 0 Å². The number of amides is 1. The van der Waals surface area contributed by atoms with Crippen LogP contribution < -0.4 is 14.9 Å². The van der Waals surface area contributed by atoms with Gasteiger partial charge in [0, 0.05) is 21.2 Å². The van der Waals surface area contributed by atoms with Crippen LogP contribution in [0.5, 0.6) is 11.5 Å². The highest BCUT2D eigenvalue weighted by Gasteiger charge is 2.13. The van der Waals surface area contributed by atoms with Crippen molar-refractivity contribution in [2.75, 3.05) is 6.61 Å². The number of hydrazone groups is 1. The standard InChI is InChI=1S/C24H21BrCl2N2O3/c1-3-31-22-11-16(13-28-29-24(30)17-6-4-5-15(2)9-17)10-20(25)23(22)32-14-18-7-8-19(26)12-21(18)27/h4-13H,3,14H2,1-2H3,(H,29,30)/b28-13+. The van der Waals surface area contributed by atoms with Crippen LogP contribution in [0, 0.1) is 6.92 Å². The van der Waals surface area contributed by atoms with Crippen LogP contribution in [0.3, 0.4) is 0 Å². The highest BCUT2D eigenvalue weighted by atomic mass is 79.9. The van der Waals surface area contributed by atoms with Crippen LogP contribution in [0.2, 0.25) is 10.0 Å². The van der Waals surface area contributed by atoms with Crippen molar-refractivity contribution in [2.45, 2.75) is 20.5 Å². The molecule has 3 aromatic rings. The Morgan fingerprint density at radius 1 is 1.12 bits per heavy atom.